The molecule has 0 N–H and O–H groups in total. The van der Waals surface area contributed by atoms with Gasteiger partial charge in [-0.3, -0.25) is 4.84 Å². The number of hydroxylamine groups is 1. The van der Waals surface area contributed by atoms with Crippen molar-refractivity contribution in [2.24, 2.45) is 0 Å². The number of hydrogen-bond donors (Lipinski definition) is 0. The first-order valence-electron chi connectivity index (χ1n) is 7.42. The van der Waals surface area contributed by atoms with Gasteiger partial charge in [0.1, 0.15) is 0 Å². The van der Waals surface area contributed by atoms with Gasteiger partial charge in [0.15, 0.2) is 0 Å². The molecule has 3 nitrogen and oxygen atoms in total. The Bertz CT molecular complexity index is 322. The normalized spacial score (nSPS) is 11.2. The molecule has 1 aromatic carbocycles. The molecule has 0 aliphatic heterocycles. The zero-order valence-corrected chi connectivity index (χ0v) is 14.0. The minimum atomic E-state index is 0.762. The first-order chi connectivity index (χ1) is 9.83. The van der Waals surface area contributed by atoms with Gasteiger partial charge in [-0.15, -0.1) is 4.09 Å². The number of unbranched alkanes of at least 4 members (excludes halogenated alkanes) is 5. The van der Waals surface area contributed by atoms with E-state index in [1.807, 2.05) is 18.2 Å². The Morgan fingerprint density at radius 3 is 2.15 bits per heavy atom. The molecule has 0 fully saturated rings. The van der Waals surface area contributed by atoms with Crippen LogP contribution >= 0.6 is 16.1 Å². The Kier molecular flexibility index (Phi) is 10.9. The van der Waals surface area contributed by atoms with Gasteiger partial charge in [0.05, 0.1) is 13.2 Å². The molecule has 20 heavy (non-hydrogen) atoms. The summed E-state index contributed by atoms with van der Waals surface area (Å²) in [7, 11) is 1.76. The second-order valence-electron chi connectivity index (χ2n) is 4.91. The van der Waals surface area contributed by atoms with Crippen LogP contribution in [0.15, 0.2) is 30.3 Å². The lowest BCUT2D eigenvalue weighted by atomic mass is 10.1. The fourth-order valence-electron chi connectivity index (χ4n) is 1.99. The van der Waals surface area contributed by atoms with Gasteiger partial charge in [-0.05, 0) is 18.4 Å². The molecule has 4 heteroatoms. The highest BCUT2D eigenvalue weighted by atomic mass is 79.9. The van der Waals surface area contributed by atoms with Gasteiger partial charge in [0, 0.05) is 29.9 Å². The van der Waals surface area contributed by atoms with Crippen LogP contribution in [0, 0.1) is 0 Å². The summed E-state index contributed by atoms with van der Waals surface area (Å²) in [6.45, 7) is 2.43. The smallest absolute Gasteiger partial charge is 0.0696 e. The van der Waals surface area contributed by atoms with Crippen molar-refractivity contribution >= 4 is 16.1 Å². The van der Waals surface area contributed by atoms with Crippen molar-refractivity contribution in [3.63, 3.8) is 0 Å². The predicted molar refractivity (Wildman–Crippen MR) is 86.4 cm³/mol. The van der Waals surface area contributed by atoms with Crippen LogP contribution in [-0.4, -0.2) is 24.4 Å². The summed E-state index contributed by atoms with van der Waals surface area (Å²) in [5.41, 5.74) is 1.24. The second-order valence-corrected chi connectivity index (χ2v) is 5.70. The SMILES string of the molecule is COCCCCCCCCON(Br)Cc1ccccc1. The van der Waals surface area contributed by atoms with Crippen LogP contribution in [0.4, 0.5) is 0 Å². The Morgan fingerprint density at radius 1 is 0.900 bits per heavy atom. The number of methoxy groups -OCH3 is 1. The van der Waals surface area contributed by atoms with Gasteiger partial charge < -0.3 is 4.74 Å². The van der Waals surface area contributed by atoms with E-state index >= 15 is 0 Å². The lowest BCUT2D eigenvalue weighted by Gasteiger charge is -2.14. The largest absolute Gasteiger partial charge is 0.385 e. The van der Waals surface area contributed by atoms with Crippen LogP contribution < -0.4 is 0 Å². The molecule has 114 valence electrons. The highest BCUT2D eigenvalue weighted by Crippen LogP contribution is 2.11. The molecular weight excluding hydrogens is 318 g/mol. The Hall–Kier alpha value is -0.420. The van der Waals surface area contributed by atoms with Crippen molar-refractivity contribution < 1.29 is 9.57 Å². The van der Waals surface area contributed by atoms with Crippen LogP contribution in [-0.2, 0) is 16.1 Å². The van der Waals surface area contributed by atoms with Crippen LogP contribution in [0.5, 0.6) is 0 Å². The summed E-state index contributed by atoms with van der Waals surface area (Å²) in [4.78, 5) is 5.62. The molecule has 0 saturated carbocycles. The van der Waals surface area contributed by atoms with E-state index in [-0.39, 0.29) is 0 Å². The maximum atomic E-state index is 5.62. The van der Waals surface area contributed by atoms with Crippen molar-refractivity contribution in [2.45, 2.75) is 45.1 Å². The maximum Gasteiger partial charge on any atom is 0.0696 e. The summed E-state index contributed by atoms with van der Waals surface area (Å²) >= 11 is 3.42. The van der Waals surface area contributed by atoms with Gasteiger partial charge >= 0.3 is 0 Å². The van der Waals surface area contributed by atoms with Crippen LogP contribution in [0.3, 0.4) is 0 Å². The molecule has 0 spiro atoms. The van der Waals surface area contributed by atoms with Gasteiger partial charge in [0.2, 0.25) is 0 Å². The molecule has 0 amide bonds. The summed E-state index contributed by atoms with van der Waals surface area (Å²) < 4.78 is 6.77. The average molecular weight is 344 g/mol. The lowest BCUT2D eigenvalue weighted by Crippen LogP contribution is -2.12. The summed E-state index contributed by atoms with van der Waals surface area (Å²) in [5.74, 6) is 0. The highest BCUT2D eigenvalue weighted by molar-refractivity contribution is 9.07. The molecule has 0 heterocycles. The molecule has 0 saturated heterocycles. The van der Waals surface area contributed by atoms with E-state index in [0.717, 1.165) is 26.2 Å². The topological polar surface area (TPSA) is 21.7 Å². The van der Waals surface area contributed by atoms with Gasteiger partial charge in [-0.1, -0.05) is 56.0 Å². The maximum absolute atomic E-state index is 5.62. The van der Waals surface area contributed by atoms with E-state index < -0.39 is 0 Å². The Morgan fingerprint density at radius 2 is 1.50 bits per heavy atom. The van der Waals surface area contributed by atoms with Crippen LogP contribution in [0.1, 0.15) is 44.1 Å². The summed E-state index contributed by atoms with van der Waals surface area (Å²) in [6.07, 6.45) is 7.38. The number of hydrogen-bond acceptors (Lipinski definition) is 3. The minimum absolute atomic E-state index is 0.762. The number of nitrogens with zero attached hydrogens (tertiary/aromatic N) is 1. The summed E-state index contributed by atoms with van der Waals surface area (Å²) in [5, 5.41) is 0. The third-order valence-electron chi connectivity index (χ3n) is 3.12. The summed E-state index contributed by atoms with van der Waals surface area (Å²) in [6, 6.07) is 10.3. The minimum Gasteiger partial charge on any atom is -0.385 e. The standard InChI is InChI=1S/C16H26BrNO2/c1-19-13-9-4-2-3-5-10-14-20-18(17)15-16-11-7-6-8-12-16/h6-8,11-12H,2-5,9-10,13-15H2,1H3. The predicted octanol–water partition coefficient (Wildman–Crippen LogP) is 4.72. The van der Waals surface area contributed by atoms with Gasteiger partial charge in [0.25, 0.3) is 0 Å². The van der Waals surface area contributed by atoms with E-state index in [1.165, 1.54) is 37.7 Å². The molecule has 0 aliphatic carbocycles. The molecule has 1 aromatic rings. The second kappa shape index (κ2) is 12.3. The van der Waals surface area contributed by atoms with E-state index in [1.54, 1.807) is 11.2 Å². The van der Waals surface area contributed by atoms with Crippen molar-refractivity contribution in [1.29, 1.82) is 0 Å². The number of ether oxygens (including phenoxy) is 1. The molecule has 0 aliphatic rings. The van der Waals surface area contributed by atoms with Crippen molar-refractivity contribution in [2.75, 3.05) is 20.3 Å². The molecular formula is C16H26BrNO2. The molecule has 0 aromatic heterocycles. The third-order valence-corrected chi connectivity index (χ3v) is 3.58. The zero-order chi connectivity index (χ0) is 14.5. The first kappa shape index (κ1) is 17.6. The van der Waals surface area contributed by atoms with Crippen molar-refractivity contribution in [3.8, 4) is 0 Å². The van der Waals surface area contributed by atoms with E-state index in [2.05, 4.69) is 28.3 Å². The fourth-order valence-corrected chi connectivity index (χ4v) is 2.43. The number of benzene rings is 1. The van der Waals surface area contributed by atoms with E-state index in [0.29, 0.717) is 0 Å². The highest BCUT2D eigenvalue weighted by Gasteiger charge is 2.01. The fraction of sp³-hybridized carbons (Fsp3) is 0.625. The molecule has 0 radical (unpaired) electrons. The molecule has 0 atom stereocenters. The molecule has 0 bridgehead atoms. The Labute approximate surface area is 131 Å². The van der Waals surface area contributed by atoms with Crippen LogP contribution in [0.25, 0.3) is 0 Å². The van der Waals surface area contributed by atoms with E-state index in [9.17, 15) is 0 Å². The van der Waals surface area contributed by atoms with Gasteiger partial charge in [-0.2, -0.15) is 0 Å². The quantitative estimate of drug-likeness (QED) is 0.311. The average Bonchev–Trinajstić information content (AvgIpc) is 2.46. The van der Waals surface area contributed by atoms with Gasteiger partial charge in [-0.25, -0.2) is 0 Å². The van der Waals surface area contributed by atoms with Crippen molar-refractivity contribution in [3.05, 3.63) is 35.9 Å². The number of halogens is 1. The van der Waals surface area contributed by atoms with Crippen molar-refractivity contribution in [1.82, 2.24) is 4.09 Å². The lowest BCUT2D eigenvalue weighted by molar-refractivity contribution is -0.0750. The monoisotopic (exact) mass is 343 g/mol. The Balaban J connectivity index is 1.91. The van der Waals surface area contributed by atoms with E-state index in [4.69, 9.17) is 9.57 Å². The molecule has 1 rings (SSSR count). The third kappa shape index (κ3) is 9.48. The molecule has 0 unspecified atom stereocenters. The first-order valence-corrected chi connectivity index (χ1v) is 8.13. The number of rotatable bonds is 12. The zero-order valence-electron chi connectivity index (χ0n) is 12.4. The van der Waals surface area contributed by atoms with Crippen LogP contribution in [0.2, 0.25) is 0 Å².